The lowest BCUT2D eigenvalue weighted by Crippen LogP contribution is -2.17. The number of benzene rings is 3. The Morgan fingerprint density at radius 2 is 1.12 bits per heavy atom. The highest BCUT2D eigenvalue weighted by molar-refractivity contribution is 6.38. The van der Waals surface area contributed by atoms with Crippen molar-refractivity contribution in [1.29, 1.82) is 0 Å². The molecule has 0 fully saturated rings. The topological polar surface area (TPSA) is 31.2 Å². The second-order valence-electron chi connectivity index (χ2n) is 5.81. The van der Waals surface area contributed by atoms with E-state index in [1.807, 2.05) is 115 Å². The summed E-state index contributed by atoms with van der Waals surface area (Å²) in [5, 5.41) is 13.0. The minimum absolute atomic E-state index is 0.791. The minimum Gasteiger partial charge on any atom is -0.269 e. The smallest absolute Gasteiger partial charge is 0.111 e. The van der Waals surface area contributed by atoms with Crippen LogP contribution in [0.2, 0.25) is 0 Å². The SMILES string of the molecule is CN(/N=C\C(=N/N(C)c1ccccc1)c1ccccc1)c1ccccc1. The highest BCUT2D eigenvalue weighted by Crippen LogP contribution is 2.13. The number of para-hydroxylation sites is 2. The Bertz CT molecular complexity index is 858. The molecule has 4 nitrogen and oxygen atoms in total. The van der Waals surface area contributed by atoms with Crippen LogP contribution in [0.5, 0.6) is 0 Å². The van der Waals surface area contributed by atoms with E-state index in [9.17, 15) is 0 Å². The largest absolute Gasteiger partial charge is 0.269 e. The average molecular weight is 342 g/mol. The van der Waals surface area contributed by atoms with Crippen LogP contribution < -0.4 is 10.0 Å². The van der Waals surface area contributed by atoms with Crippen LogP contribution in [0, 0.1) is 0 Å². The molecule has 0 aliphatic carbocycles. The van der Waals surface area contributed by atoms with Gasteiger partial charge >= 0.3 is 0 Å². The van der Waals surface area contributed by atoms with Crippen LogP contribution in [0.15, 0.2) is 101 Å². The standard InChI is InChI=1S/C22H22N4/c1-25(20-14-8-4-9-15-20)23-18-22(19-12-6-3-7-13-19)24-26(2)21-16-10-5-11-17-21/h3-18H,1-2H3/b23-18-,24-22+. The summed E-state index contributed by atoms with van der Waals surface area (Å²) in [4.78, 5) is 0. The molecule has 0 amide bonds. The predicted octanol–water partition coefficient (Wildman–Crippen LogP) is 4.65. The molecule has 3 rings (SSSR count). The first-order valence-electron chi connectivity index (χ1n) is 8.49. The fourth-order valence-electron chi connectivity index (χ4n) is 2.48. The first-order chi connectivity index (χ1) is 12.7. The van der Waals surface area contributed by atoms with Crippen molar-refractivity contribution in [2.45, 2.75) is 0 Å². The molecule has 0 spiro atoms. The van der Waals surface area contributed by atoms with Crippen molar-refractivity contribution in [1.82, 2.24) is 0 Å². The first kappa shape index (κ1) is 17.4. The molecule has 0 aromatic heterocycles. The predicted molar refractivity (Wildman–Crippen MR) is 111 cm³/mol. The van der Waals surface area contributed by atoms with Crippen molar-refractivity contribution in [2.24, 2.45) is 10.2 Å². The number of hydrogen-bond acceptors (Lipinski definition) is 4. The molecule has 0 radical (unpaired) electrons. The maximum Gasteiger partial charge on any atom is 0.111 e. The second-order valence-corrected chi connectivity index (χ2v) is 5.81. The fourth-order valence-corrected chi connectivity index (χ4v) is 2.48. The lowest BCUT2D eigenvalue weighted by atomic mass is 10.1. The Morgan fingerprint density at radius 1 is 0.654 bits per heavy atom. The van der Waals surface area contributed by atoms with Crippen LogP contribution in [0.3, 0.4) is 0 Å². The average Bonchev–Trinajstić information content (AvgIpc) is 2.72. The van der Waals surface area contributed by atoms with Crippen LogP contribution in [0.4, 0.5) is 11.4 Å². The summed E-state index contributed by atoms with van der Waals surface area (Å²) in [6, 6.07) is 30.1. The van der Waals surface area contributed by atoms with E-state index >= 15 is 0 Å². The van der Waals surface area contributed by atoms with Crippen molar-refractivity contribution in [3.05, 3.63) is 96.6 Å². The summed E-state index contributed by atoms with van der Waals surface area (Å²) in [5.41, 5.74) is 3.85. The van der Waals surface area contributed by atoms with Crippen LogP contribution in [0.1, 0.15) is 5.56 Å². The van der Waals surface area contributed by atoms with Crippen LogP contribution >= 0.6 is 0 Å². The first-order valence-corrected chi connectivity index (χ1v) is 8.49. The lowest BCUT2D eigenvalue weighted by molar-refractivity contribution is 1.01. The highest BCUT2D eigenvalue weighted by atomic mass is 15.5. The van der Waals surface area contributed by atoms with E-state index in [-0.39, 0.29) is 0 Å². The van der Waals surface area contributed by atoms with Gasteiger partial charge in [-0.05, 0) is 24.3 Å². The maximum absolute atomic E-state index is 4.76. The van der Waals surface area contributed by atoms with Gasteiger partial charge in [-0.3, -0.25) is 10.0 Å². The van der Waals surface area contributed by atoms with Gasteiger partial charge in [0.15, 0.2) is 0 Å². The molecule has 0 heterocycles. The molecule has 3 aromatic carbocycles. The summed E-state index contributed by atoms with van der Waals surface area (Å²) in [7, 11) is 3.86. The molecular weight excluding hydrogens is 320 g/mol. The Hall–Kier alpha value is -3.40. The third kappa shape index (κ3) is 4.57. The van der Waals surface area contributed by atoms with Gasteiger partial charge in [0.2, 0.25) is 0 Å². The van der Waals surface area contributed by atoms with Gasteiger partial charge in [-0.1, -0.05) is 66.7 Å². The summed E-state index contributed by atoms with van der Waals surface area (Å²) < 4.78 is 0. The molecule has 26 heavy (non-hydrogen) atoms. The van der Waals surface area contributed by atoms with Crippen molar-refractivity contribution < 1.29 is 0 Å². The van der Waals surface area contributed by atoms with E-state index < -0.39 is 0 Å². The molecule has 0 saturated carbocycles. The van der Waals surface area contributed by atoms with Gasteiger partial charge in [0.1, 0.15) is 5.71 Å². The molecular formula is C22H22N4. The number of rotatable bonds is 6. The molecule has 4 heteroatoms. The van der Waals surface area contributed by atoms with Crippen molar-refractivity contribution in [3.63, 3.8) is 0 Å². The number of nitrogens with zero attached hydrogens (tertiary/aromatic N) is 4. The maximum atomic E-state index is 4.76. The van der Waals surface area contributed by atoms with E-state index in [0.29, 0.717) is 0 Å². The zero-order valence-electron chi connectivity index (χ0n) is 15.0. The molecule has 0 bridgehead atoms. The highest BCUT2D eigenvalue weighted by Gasteiger charge is 2.05. The quantitative estimate of drug-likeness (QED) is 0.482. The summed E-state index contributed by atoms with van der Waals surface area (Å²) in [6.45, 7) is 0. The molecule has 0 unspecified atom stereocenters. The molecule has 0 aliphatic heterocycles. The van der Waals surface area contributed by atoms with Gasteiger partial charge in [-0.25, -0.2) is 0 Å². The Kier molecular flexibility index (Phi) is 5.78. The van der Waals surface area contributed by atoms with Crippen molar-refractivity contribution in [2.75, 3.05) is 24.1 Å². The van der Waals surface area contributed by atoms with Crippen LogP contribution in [-0.4, -0.2) is 26.0 Å². The molecule has 0 N–H and O–H groups in total. The number of hydrogen-bond donors (Lipinski definition) is 0. The Labute approximate surface area is 154 Å². The van der Waals surface area contributed by atoms with E-state index in [2.05, 4.69) is 5.10 Å². The van der Waals surface area contributed by atoms with Gasteiger partial charge in [-0.2, -0.15) is 10.2 Å². The Morgan fingerprint density at radius 3 is 1.65 bits per heavy atom. The van der Waals surface area contributed by atoms with E-state index in [1.165, 1.54) is 0 Å². The van der Waals surface area contributed by atoms with Gasteiger partial charge in [0.25, 0.3) is 0 Å². The Balaban J connectivity index is 1.89. The molecule has 0 aliphatic rings. The van der Waals surface area contributed by atoms with Gasteiger partial charge in [0.05, 0.1) is 17.6 Å². The monoisotopic (exact) mass is 342 g/mol. The van der Waals surface area contributed by atoms with Crippen LogP contribution in [0.25, 0.3) is 0 Å². The van der Waals surface area contributed by atoms with Crippen molar-refractivity contribution in [3.8, 4) is 0 Å². The third-order valence-corrected chi connectivity index (χ3v) is 3.94. The van der Waals surface area contributed by atoms with E-state index in [1.54, 1.807) is 6.21 Å². The zero-order chi connectivity index (χ0) is 18.2. The number of anilines is 2. The normalized spacial score (nSPS) is 11.5. The summed E-state index contributed by atoms with van der Waals surface area (Å²) >= 11 is 0. The van der Waals surface area contributed by atoms with E-state index in [0.717, 1.165) is 22.6 Å². The van der Waals surface area contributed by atoms with Crippen molar-refractivity contribution >= 4 is 23.3 Å². The van der Waals surface area contributed by atoms with Gasteiger partial charge in [-0.15, -0.1) is 0 Å². The lowest BCUT2D eigenvalue weighted by Gasteiger charge is -2.16. The van der Waals surface area contributed by atoms with Crippen LogP contribution in [-0.2, 0) is 0 Å². The van der Waals surface area contributed by atoms with Gasteiger partial charge < -0.3 is 0 Å². The number of hydrazone groups is 2. The third-order valence-electron chi connectivity index (χ3n) is 3.94. The second kappa shape index (κ2) is 8.62. The van der Waals surface area contributed by atoms with E-state index in [4.69, 9.17) is 5.10 Å². The minimum atomic E-state index is 0.791. The fraction of sp³-hybridized carbons (Fsp3) is 0.0909. The molecule has 0 saturated heterocycles. The summed E-state index contributed by atoms with van der Waals surface area (Å²) in [6.07, 6.45) is 1.79. The zero-order valence-corrected chi connectivity index (χ0v) is 15.0. The molecule has 130 valence electrons. The molecule has 0 atom stereocenters. The molecule has 3 aromatic rings. The summed E-state index contributed by atoms with van der Waals surface area (Å²) in [5.74, 6) is 0. The van der Waals surface area contributed by atoms with Gasteiger partial charge in [0, 0.05) is 19.7 Å².